The third kappa shape index (κ3) is 2.53. The smallest absolute Gasteiger partial charge is 0.204 e. The molecule has 0 aliphatic rings. The minimum Gasteiger partial charge on any atom is -0.490 e. The summed E-state index contributed by atoms with van der Waals surface area (Å²) in [5.41, 5.74) is 5.74. The predicted octanol–water partition coefficient (Wildman–Crippen LogP) is 1.69. The second-order valence-corrected chi connectivity index (χ2v) is 3.86. The van der Waals surface area contributed by atoms with Gasteiger partial charge in [0.15, 0.2) is 11.6 Å². The Morgan fingerprint density at radius 3 is 2.75 bits per heavy atom. The first-order chi connectivity index (χ1) is 7.61. The van der Waals surface area contributed by atoms with Crippen LogP contribution in [0.1, 0.15) is 26.7 Å². The van der Waals surface area contributed by atoms with Crippen LogP contribution in [0.15, 0.2) is 6.33 Å². The summed E-state index contributed by atoms with van der Waals surface area (Å²) in [6.45, 7) is 4.32. The SMILES string of the molecule is CCCC(C)N(C)c1ncnc(N)c1OC. The standard InChI is InChI=1S/C11H20N4O/c1-5-6-8(2)15(3)11-9(16-4)10(12)13-7-14-11/h7-8H,5-6H2,1-4H3,(H2,12,13,14). The normalized spacial score (nSPS) is 12.2. The molecule has 0 aromatic carbocycles. The first-order valence-corrected chi connectivity index (χ1v) is 5.49. The molecule has 0 spiro atoms. The van der Waals surface area contributed by atoms with Crippen LogP contribution in [0.25, 0.3) is 0 Å². The molecule has 0 radical (unpaired) electrons. The Bertz CT molecular complexity index is 343. The Balaban J connectivity index is 2.98. The molecule has 0 amide bonds. The second kappa shape index (κ2) is 5.53. The highest BCUT2D eigenvalue weighted by Gasteiger charge is 2.17. The number of rotatable bonds is 5. The highest BCUT2D eigenvalue weighted by atomic mass is 16.5. The first-order valence-electron chi connectivity index (χ1n) is 5.49. The molecule has 1 rings (SSSR count). The van der Waals surface area contributed by atoms with Crippen LogP contribution in [0.4, 0.5) is 11.6 Å². The van der Waals surface area contributed by atoms with E-state index in [0.29, 0.717) is 17.6 Å². The lowest BCUT2D eigenvalue weighted by Gasteiger charge is -2.27. The molecule has 0 saturated heterocycles. The van der Waals surface area contributed by atoms with E-state index in [0.717, 1.165) is 18.7 Å². The van der Waals surface area contributed by atoms with Crippen molar-refractivity contribution in [1.29, 1.82) is 0 Å². The maximum Gasteiger partial charge on any atom is 0.204 e. The Hall–Kier alpha value is -1.52. The molecule has 90 valence electrons. The van der Waals surface area contributed by atoms with Crippen LogP contribution in [0.3, 0.4) is 0 Å². The zero-order valence-electron chi connectivity index (χ0n) is 10.4. The highest BCUT2D eigenvalue weighted by molar-refractivity contribution is 5.62. The van der Waals surface area contributed by atoms with Crippen molar-refractivity contribution in [2.75, 3.05) is 24.8 Å². The third-order valence-corrected chi connectivity index (χ3v) is 2.72. The number of aromatic nitrogens is 2. The van der Waals surface area contributed by atoms with Gasteiger partial charge in [-0.25, -0.2) is 9.97 Å². The minimum absolute atomic E-state index is 0.378. The Labute approximate surface area is 96.6 Å². The van der Waals surface area contributed by atoms with Gasteiger partial charge >= 0.3 is 0 Å². The topological polar surface area (TPSA) is 64.3 Å². The lowest BCUT2D eigenvalue weighted by molar-refractivity contribution is 0.411. The Kier molecular flexibility index (Phi) is 4.34. The summed E-state index contributed by atoms with van der Waals surface area (Å²) in [5.74, 6) is 1.67. The zero-order chi connectivity index (χ0) is 12.1. The van der Waals surface area contributed by atoms with E-state index in [2.05, 4.69) is 28.7 Å². The van der Waals surface area contributed by atoms with Crippen molar-refractivity contribution in [2.24, 2.45) is 0 Å². The number of anilines is 2. The van der Waals surface area contributed by atoms with Gasteiger partial charge in [-0.05, 0) is 13.3 Å². The van der Waals surface area contributed by atoms with E-state index in [4.69, 9.17) is 10.5 Å². The summed E-state index contributed by atoms with van der Waals surface area (Å²) in [5, 5.41) is 0. The molecule has 0 aliphatic carbocycles. The van der Waals surface area contributed by atoms with Gasteiger partial charge < -0.3 is 15.4 Å². The van der Waals surface area contributed by atoms with Gasteiger partial charge in [0.25, 0.3) is 0 Å². The second-order valence-electron chi connectivity index (χ2n) is 3.86. The van der Waals surface area contributed by atoms with Crippen molar-refractivity contribution in [3.8, 4) is 5.75 Å². The fourth-order valence-corrected chi connectivity index (χ4v) is 1.64. The summed E-state index contributed by atoms with van der Waals surface area (Å²) in [6, 6.07) is 0.396. The van der Waals surface area contributed by atoms with Crippen molar-refractivity contribution < 1.29 is 4.74 Å². The number of nitrogen functional groups attached to an aromatic ring is 1. The van der Waals surface area contributed by atoms with Crippen LogP contribution < -0.4 is 15.4 Å². The third-order valence-electron chi connectivity index (χ3n) is 2.72. The van der Waals surface area contributed by atoms with Crippen molar-refractivity contribution >= 4 is 11.6 Å². The van der Waals surface area contributed by atoms with Gasteiger partial charge in [-0.15, -0.1) is 0 Å². The molecule has 1 unspecified atom stereocenters. The van der Waals surface area contributed by atoms with Crippen LogP contribution in [-0.4, -0.2) is 30.2 Å². The average molecular weight is 224 g/mol. The van der Waals surface area contributed by atoms with Gasteiger partial charge in [-0.3, -0.25) is 0 Å². The van der Waals surface area contributed by atoms with Crippen molar-refractivity contribution in [3.05, 3.63) is 6.33 Å². The van der Waals surface area contributed by atoms with Crippen molar-refractivity contribution in [3.63, 3.8) is 0 Å². The van der Waals surface area contributed by atoms with E-state index in [1.807, 2.05) is 7.05 Å². The molecule has 0 bridgehead atoms. The molecule has 2 N–H and O–H groups in total. The zero-order valence-corrected chi connectivity index (χ0v) is 10.4. The maximum atomic E-state index is 5.74. The van der Waals surface area contributed by atoms with E-state index in [1.54, 1.807) is 7.11 Å². The van der Waals surface area contributed by atoms with E-state index in [1.165, 1.54) is 6.33 Å². The summed E-state index contributed by atoms with van der Waals surface area (Å²) in [7, 11) is 3.57. The van der Waals surface area contributed by atoms with Gasteiger partial charge in [0.05, 0.1) is 7.11 Å². The van der Waals surface area contributed by atoms with E-state index >= 15 is 0 Å². The molecule has 1 aromatic rings. The summed E-state index contributed by atoms with van der Waals surface area (Å²) in [4.78, 5) is 10.2. The lowest BCUT2D eigenvalue weighted by atomic mass is 10.2. The Morgan fingerprint density at radius 2 is 2.19 bits per heavy atom. The van der Waals surface area contributed by atoms with Crippen LogP contribution in [0.2, 0.25) is 0 Å². The van der Waals surface area contributed by atoms with Crippen LogP contribution >= 0.6 is 0 Å². The number of nitrogens with two attached hydrogens (primary N) is 1. The molecule has 5 heteroatoms. The molecule has 1 heterocycles. The fourth-order valence-electron chi connectivity index (χ4n) is 1.64. The molecule has 16 heavy (non-hydrogen) atoms. The van der Waals surface area contributed by atoms with Crippen molar-refractivity contribution in [1.82, 2.24) is 9.97 Å². The molecular formula is C11H20N4O. The number of hydrogen-bond acceptors (Lipinski definition) is 5. The Morgan fingerprint density at radius 1 is 1.50 bits per heavy atom. The van der Waals surface area contributed by atoms with E-state index in [9.17, 15) is 0 Å². The molecule has 0 aliphatic heterocycles. The molecule has 5 nitrogen and oxygen atoms in total. The number of ether oxygens (including phenoxy) is 1. The quantitative estimate of drug-likeness (QED) is 0.824. The number of hydrogen-bond donors (Lipinski definition) is 1. The summed E-state index contributed by atoms with van der Waals surface area (Å²) in [6.07, 6.45) is 3.69. The van der Waals surface area contributed by atoms with Gasteiger partial charge in [-0.2, -0.15) is 0 Å². The van der Waals surface area contributed by atoms with Crippen LogP contribution in [-0.2, 0) is 0 Å². The number of nitrogens with zero attached hydrogens (tertiary/aromatic N) is 3. The maximum absolute atomic E-state index is 5.74. The van der Waals surface area contributed by atoms with Crippen LogP contribution in [0, 0.1) is 0 Å². The molecular weight excluding hydrogens is 204 g/mol. The molecule has 1 aromatic heterocycles. The summed E-state index contributed by atoms with van der Waals surface area (Å²) < 4.78 is 5.23. The molecule has 0 fully saturated rings. The monoisotopic (exact) mass is 224 g/mol. The minimum atomic E-state index is 0.378. The van der Waals surface area contributed by atoms with Crippen molar-refractivity contribution in [2.45, 2.75) is 32.7 Å². The largest absolute Gasteiger partial charge is 0.490 e. The highest BCUT2D eigenvalue weighted by Crippen LogP contribution is 2.30. The van der Waals surface area contributed by atoms with Gasteiger partial charge in [-0.1, -0.05) is 13.3 Å². The average Bonchev–Trinajstić information content (AvgIpc) is 2.28. The summed E-state index contributed by atoms with van der Waals surface area (Å²) >= 11 is 0. The van der Waals surface area contributed by atoms with Gasteiger partial charge in [0.2, 0.25) is 5.75 Å². The van der Waals surface area contributed by atoms with Gasteiger partial charge in [0, 0.05) is 13.1 Å². The molecule has 0 saturated carbocycles. The van der Waals surface area contributed by atoms with E-state index < -0.39 is 0 Å². The first kappa shape index (κ1) is 12.5. The van der Waals surface area contributed by atoms with Crippen LogP contribution in [0.5, 0.6) is 5.75 Å². The lowest BCUT2D eigenvalue weighted by Crippen LogP contribution is -2.30. The van der Waals surface area contributed by atoms with E-state index in [-0.39, 0.29) is 0 Å². The molecule has 1 atom stereocenters. The predicted molar refractivity (Wildman–Crippen MR) is 65.8 cm³/mol. The fraction of sp³-hybridized carbons (Fsp3) is 0.636. The number of methoxy groups -OCH3 is 1. The van der Waals surface area contributed by atoms with Gasteiger partial charge in [0.1, 0.15) is 6.33 Å².